The first-order valence-corrected chi connectivity index (χ1v) is 12.4. The predicted octanol–water partition coefficient (Wildman–Crippen LogP) is 6.58. The summed E-state index contributed by atoms with van der Waals surface area (Å²) in [5, 5.41) is 22.2. The summed E-state index contributed by atoms with van der Waals surface area (Å²) in [6, 6.07) is 0. The van der Waals surface area contributed by atoms with Crippen molar-refractivity contribution in [3.8, 4) is 0 Å². The maximum Gasteiger partial charge on any atom is 0.0576 e. The Bertz CT molecular complexity index is 481. The van der Waals surface area contributed by atoms with Crippen LogP contribution >= 0.6 is 0 Å². The molecule has 2 N–H and O–H groups in total. The molecule has 0 heterocycles. The highest BCUT2D eigenvalue weighted by Gasteiger charge is 2.61. The van der Waals surface area contributed by atoms with Crippen LogP contribution in [0.1, 0.15) is 112 Å². The van der Waals surface area contributed by atoms with Crippen LogP contribution in [0.25, 0.3) is 0 Å². The topological polar surface area (TPSA) is 40.5 Å². The molecule has 3 saturated carbocycles. The molecule has 6 atom stereocenters. The van der Waals surface area contributed by atoms with E-state index in [0.717, 1.165) is 12.8 Å². The summed E-state index contributed by atoms with van der Waals surface area (Å²) in [5.41, 5.74) is 0.693. The molecular weight excluding hydrogens is 344 g/mol. The summed E-state index contributed by atoms with van der Waals surface area (Å²) in [7, 11) is 0. The van der Waals surface area contributed by atoms with Gasteiger partial charge in [0, 0.05) is 0 Å². The van der Waals surface area contributed by atoms with Crippen molar-refractivity contribution in [2.45, 2.75) is 124 Å². The average Bonchev–Trinajstić information content (AvgIpc) is 2.61. The minimum Gasteiger partial charge on any atom is -0.393 e. The summed E-state index contributed by atoms with van der Waals surface area (Å²) < 4.78 is 0. The van der Waals surface area contributed by atoms with Gasteiger partial charge in [0.05, 0.1) is 12.2 Å². The van der Waals surface area contributed by atoms with Crippen LogP contribution in [0, 0.1) is 39.9 Å². The van der Waals surface area contributed by atoms with E-state index in [2.05, 4.69) is 41.5 Å². The van der Waals surface area contributed by atoms with Crippen molar-refractivity contribution >= 4 is 0 Å². The standard InChI is InChI=1S/C26H48O2/c1-18(2)20-10-14-24(5,16-22(20)27)26(12-8-7-9-13-26)25(6)15-11-21(19(3)4)23(28)17-25/h18-23,27-28H,7-17H2,1-6H3/t20-,21-,22+,23+,24+,25+/m0/s1. The highest BCUT2D eigenvalue weighted by molar-refractivity contribution is 5.10. The zero-order chi connectivity index (χ0) is 20.7. The van der Waals surface area contributed by atoms with Crippen LogP contribution in [0.2, 0.25) is 0 Å². The number of aliphatic hydroxyl groups excluding tert-OH is 2. The zero-order valence-corrected chi connectivity index (χ0v) is 19.6. The van der Waals surface area contributed by atoms with E-state index in [0.29, 0.717) is 23.7 Å². The fourth-order valence-corrected chi connectivity index (χ4v) is 8.30. The van der Waals surface area contributed by atoms with Crippen LogP contribution in [-0.4, -0.2) is 22.4 Å². The van der Waals surface area contributed by atoms with E-state index in [9.17, 15) is 10.2 Å². The molecule has 0 radical (unpaired) electrons. The Morgan fingerprint density at radius 1 is 0.643 bits per heavy atom. The Labute approximate surface area is 174 Å². The fourth-order valence-electron chi connectivity index (χ4n) is 8.30. The van der Waals surface area contributed by atoms with Crippen molar-refractivity contribution in [1.29, 1.82) is 0 Å². The lowest BCUT2D eigenvalue weighted by Crippen LogP contribution is -2.58. The molecule has 0 spiro atoms. The van der Waals surface area contributed by atoms with Crippen molar-refractivity contribution in [1.82, 2.24) is 0 Å². The van der Waals surface area contributed by atoms with Crippen LogP contribution in [0.4, 0.5) is 0 Å². The summed E-state index contributed by atoms with van der Waals surface area (Å²) >= 11 is 0. The first kappa shape index (κ1) is 22.6. The first-order chi connectivity index (χ1) is 13.1. The zero-order valence-electron chi connectivity index (χ0n) is 19.6. The van der Waals surface area contributed by atoms with E-state index in [-0.39, 0.29) is 28.5 Å². The van der Waals surface area contributed by atoms with Crippen LogP contribution in [0.3, 0.4) is 0 Å². The average molecular weight is 393 g/mol. The second kappa shape index (κ2) is 8.22. The Hall–Kier alpha value is -0.0800. The van der Waals surface area contributed by atoms with Gasteiger partial charge in [-0.25, -0.2) is 0 Å². The third-order valence-electron chi connectivity index (χ3n) is 10.1. The number of hydrogen-bond donors (Lipinski definition) is 2. The Kier molecular flexibility index (Phi) is 6.63. The first-order valence-electron chi connectivity index (χ1n) is 12.4. The van der Waals surface area contributed by atoms with Crippen LogP contribution in [0.5, 0.6) is 0 Å². The Balaban J connectivity index is 1.91. The molecule has 164 valence electrons. The van der Waals surface area contributed by atoms with Crippen LogP contribution < -0.4 is 0 Å². The minimum absolute atomic E-state index is 0.155. The van der Waals surface area contributed by atoms with Crippen LogP contribution in [0.15, 0.2) is 0 Å². The van der Waals surface area contributed by atoms with Gasteiger partial charge in [0.25, 0.3) is 0 Å². The van der Waals surface area contributed by atoms with Crippen LogP contribution in [-0.2, 0) is 0 Å². The molecule has 2 heteroatoms. The Morgan fingerprint density at radius 3 is 1.36 bits per heavy atom. The van der Waals surface area contributed by atoms with Gasteiger partial charge in [-0.1, -0.05) is 60.8 Å². The molecule has 0 amide bonds. The SMILES string of the molecule is CC(C)[C@@H]1CC[C@@](C)(C2([C@]3(C)CC[C@@H](C(C)C)[C@H](O)C3)CCCCC2)C[C@H]1O. The third-order valence-corrected chi connectivity index (χ3v) is 10.1. The van der Waals surface area contributed by atoms with Gasteiger partial charge in [-0.3, -0.25) is 0 Å². The molecule has 3 fully saturated rings. The van der Waals surface area contributed by atoms with Crippen molar-refractivity contribution in [3.05, 3.63) is 0 Å². The second-order valence-corrected chi connectivity index (χ2v) is 12.2. The lowest BCUT2D eigenvalue weighted by Gasteiger charge is -2.65. The normalized spacial score (nSPS) is 44.8. The Morgan fingerprint density at radius 2 is 1.04 bits per heavy atom. The molecular formula is C26H48O2. The second-order valence-electron chi connectivity index (χ2n) is 12.2. The van der Waals surface area contributed by atoms with Gasteiger partial charge in [0.2, 0.25) is 0 Å². The predicted molar refractivity (Wildman–Crippen MR) is 118 cm³/mol. The molecule has 0 unspecified atom stereocenters. The third kappa shape index (κ3) is 3.70. The largest absolute Gasteiger partial charge is 0.393 e. The lowest BCUT2D eigenvalue weighted by atomic mass is 9.40. The molecule has 0 aromatic heterocycles. The lowest BCUT2D eigenvalue weighted by molar-refractivity contribution is -0.179. The number of aliphatic hydroxyl groups is 2. The maximum atomic E-state index is 11.1. The van der Waals surface area contributed by atoms with E-state index in [1.807, 2.05) is 0 Å². The quantitative estimate of drug-likeness (QED) is 0.567. The summed E-state index contributed by atoms with van der Waals surface area (Å²) in [6.07, 6.45) is 13.1. The van der Waals surface area contributed by atoms with Crippen molar-refractivity contribution in [3.63, 3.8) is 0 Å². The monoisotopic (exact) mass is 392 g/mol. The number of hydrogen-bond acceptors (Lipinski definition) is 2. The van der Waals surface area contributed by atoms with Gasteiger partial charge in [-0.05, 0) is 91.3 Å². The number of rotatable bonds is 4. The van der Waals surface area contributed by atoms with Crippen molar-refractivity contribution in [2.24, 2.45) is 39.9 Å². The van der Waals surface area contributed by atoms with Crippen molar-refractivity contribution in [2.75, 3.05) is 0 Å². The molecule has 3 rings (SSSR count). The molecule has 0 aromatic carbocycles. The molecule has 0 saturated heterocycles. The van der Waals surface area contributed by atoms with Gasteiger partial charge in [0.1, 0.15) is 0 Å². The summed E-state index contributed by atoms with van der Waals surface area (Å²) in [6.45, 7) is 14.1. The molecule has 2 nitrogen and oxygen atoms in total. The molecule has 3 aliphatic rings. The summed E-state index contributed by atoms with van der Waals surface area (Å²) in [5.74, 6) is 2.06. The molecule has 0 aromatic rings. The smallest absolute Gasteiger partial charge is 0.0576 e. The van der Waals surface area contributed by atoms with E-state index in [4.69, 9.17) is 0 Å². The highest BCUT2D eigenvalue weighted by Crippen LogP contribution is 2.68. The van der Waals surface area contributed by atoms with Gasteiger partial charge in [-0.15, -0.1) is 0 Å². The molecule has 28 heavy (non-hydrogen) atoms. The fraction of sp³-hybridized carbons (Fsp3) is 1.00. The van der Waals surface area contributed by atoms with E-state index < -0.39 is 0 Å². The van der Waals surface area contributed by atoms with Gasteiger partial charge in [-0.2, -0.15) is 0 Å². The van der Waals surface area contributed by atoms with Gasteiger partial charge < -0.3 is 10.2 Å². The molecule has 0 aliphatic heterocycles. The van der Waals surface area contributed by atoms with E-state index in [1.54, 1.807) is 0 Å². The maximum absolute atomic E-state index is 11.1. The minimum atomic E-state index is -0.155. The van der Waals surface area contributed by atoms with Gasteiger partial charge >= 0.3 is 0 Å². The van der Waals surface area contributed by atoms with E-state index in [1.165, 1.54) is 57.8 Å². The van der Waals surface area contributed by atoms with Gasteiger partial charge in [0.15, 0.2) is 0 Å². The molecule has 0 bridgehead atoms. The van der Waals surface area contributed by atoms with E-state index >= 15 is 0 Å². The molecule has 3 aliphatic carbocycles. The summed E-state index contributed by atoms with van der Waals surface area (Å²) in [4.78, 5) is 0. The van der Waals surface area contributed by atoms with Crippen molar-refractivity contribution < 1.29 is 10.2 Å². The highest BCUT2D eigenvalue weighted by atomic mass is 16.3.